The maximum absolute atomic E-state index is 11.8. The molecule has 0 spiro atoms. The Balaban J connectivity index is 1.55. The van der Waals surface area contributed by atoms with Crippen molar-refractivity contribution in [3.8, 4) is 0 Å². The van der Waals surface area contributed by atoms with E-state index in [1.54, 1.807) is 13.0 Å². The van der Waals surface area contributed by atoms with E-state index in [-0.39, 0.29) is 0 Å². The highest BCUT2D eigenvalue weighted by Crippen LogP contribution is 2.20. The molecule has 1 aromatic carbocycles. The lowest BCUT2D eigenvalue weighted by atomic mass is 10.2. The SMILES string of the molecule is C=C(/C=C\C(=C/N)C(=O)OCC)N1CCN(Cc2nn(C)c3ccccc23)CC1. The molecule has 2 N–H and O–H groups in total. The van der Waals surface area contributed by atoms with Gasteiger partial charge < -0.3 is 15.4 Å². The fourth-order valence-electron chi connectivity index (χ4n) is 3.51. The molecule has 0 bridgehead atoms. The molecular weight excluding hydrogens is 366 g/mol. The Bertz CT molecular complexity index is 936. The number of esters is 1. The number of rotatable bonds is 7. The van der Waals surface area contributed by atoms with Crippen molar-refractivity contribution in [2.24, 2.45) is 12.8 Å². The zero-order valence-corrected chi connectivity index (χ0v) is 17.2. The van der Waals surface area contributed by atoms with Gasteiger partial charge in [0.15, 0.2) is 0 Å². The molecule has 1 aliphatic rings. The van der Waals surface area contributed by atoms with Crippen LogP contribution in [0, 0.1) is 0 Å². The van der Waals surface area contributed by atoms with E-state index in [9.17, 15) is 4.79 Å². The van der Waals surface area contributed by atoms with E-state index in [0.29, 0.717) is 12.2 Å². The summed E-state index contributed by atoms with van der Waals surface area (Å²) in [6.07, 6.45) is 4.74. The number of fused-ring (bicyclic) bond motifs is 1. The number of aromatic nitrogens is 2. The summed E-state index contributed by atoms with van der Waals surface area (Å²) in [5.74, 6) is -0.425. The van der Waals surface area contributed by atoms with Gasteiger partial charge in [-0.05, 0) is 25.1 Å². The molecule has 0 radical (unpaired) electrons. The average molecular weight is 396 g/mol. The van der Waals surface area contributed by atoms with E-state index in [2.05, 4.69) is 34.6 Å². The molecule has 7 heteroatoms. The Kier molecular flexibility index (Phi) is 6.72. The van der Waals surface area contributed by atoms with Gasteiger partial charge in [0.05, 0.1) is 23.4 Å². The highest BCUT2D eigenvalue weighted by atomic mass is 16.5. The second-order valence-corrected chi connectivity index (χ2v) is 7.02. The zero-order valence-electron chi connectivity index (χ0n) is 17.2. The molecule has 2 heterocycles. The second kappa shape index (κ2) is 9.43. The minimum absolute atomic E-state index is 0.318. The molecule has 0 aliphatic carbocycles. The van der Waals surface area contributed by atoms with Crippen LogP contribution >= 0.6 is 0 Å². The molecule has 7 nitrogen and oxygen atoms in total. The Morgan fingerprint density at radius 1 is 1.24 bits per heavy atom. The number of para-hydroxylation sites is 1. The Hall–Kier alpha value is -3.06. The first-order valence-electron chi connectivity index (χ1n) is 9.87. The normalized spacial score (nSPS) is 15.9. The lowest BCUT2D eigenvalue weighted by Crippen LogP contribution is -2.45. The first-order valence-corrected chi connectivity index (χ1v) is 9.87. The van der Waals surface area contributed by atoms with Crippen LogP contribution in [0.3, 0.4) is 0 Å². The molecule has 0 saturated carbocycles. The Morgan fingerprint density at radius 2 is 1.97 bits per heavy atom. The van der Waals surface area contributed by atoms with Gasteiger partial charge in [-0.1, -0.05) is 24.8 Å². The minimum Gasteiger partial charge on any atom is -0.462 e. The summed E-state index contributed by atoms with van der Waals surface area (Å²) in [5, 5.41) is 5.91. The van der Waals surface area contributed by atoms with Crippen molar-refractivity contribution in [1.82, 2.24) is 19.6 Å². The number of piperazine rings is 1. The number of nitrogens with zero attached hydrogens (tertiary/aromatic N) is 4. The molecule has 154 valence electrons. The number of aryl methyl sites for hydroxylation is 1. The first-order chi connectivity index (χ1) is 14.0. The zero-order chi connectivity index (χ0) is 20.8. The van der Waals surface area contributed by atoms with Gasteiger partial charge in [-0.3, -0.25) is 9.58 Å². The van der Waals surface area contributed by atoms with Crippen molar-refractivity contribution in [3.05, 3.63) is 66.2 Å². The predicted molar refractivity (Wildman–Crippen MR) is 115 cm³/mol. The van der Waals surface area contributed by atoms with Crippen molar-refractivity contribution < 1.29 is 9.53 Å². The molecule has 29 heavy (non-hydrogen) atoms. The van der Waals surface area contributed by atoms with Gasteiger partial charge in [0.2, 0.25) is 0 Å². The fraction of sp³-hybridized carbons (Fsp3) is 0.364. The molecule has 3 rings (SSSR count). The van der Waals surface area contributed by atoms with E-state index in [1.807, 2.05) is 23.9 Å². The molecule has 1 fully saturated rings. The van der Waals surface area contributed by atoms with Crippen molar-refractivity contribution in [1.29, 1.82) is 0 Å². The summed E-state index contributed by atoms with van der Waals surface area (Å²) < 4.78 is 6.92. The fourth-order valence-corrected chi connectivity index (χ4v) is 3.51. The predicted octanol–water partition coefficient (Wildman–Crippen LogP) is 2.17. The maximum atomic E-state index is 11.8. The van der Waals surface area contributed by atoms with Gasteiger partial charge >= 0.3 is 5.97 Å². The van der Waals surface area contributed by atoms with Crippen LogP contribution < -0.4 is 5.73 Å². The topological polar surface area (TPSA) is 76.6 Å². The van der Waals surface area contributed by atoms with E-state index >= 15 is 0 Å². The van der Waals surface area contributed by atoms with Gasteiger partial charge in [0.1, 0.15) is 0 Å². The van der Waals surface area contributed by atoms with Gasteiger partial charge in [-0.2, -0.15) is 5.10 Å². The summed E-state index contributed by atoms with van der Waals surface area (Å²) in [7, 11) is 1.99. The number of nitrogens with two attached hydrogens (primary N) is 1. The molecule has 2 aromatic rings. The van der Waals surface area contributed by atoms with Crippen molar-refractivity contribution in [2.75, 3.05) is 32.8 Å². The van der Waals surface area contributed by atoms with Crippen LogP contribution in [0.4, 0.5) is 0 Å². The third kappa shape index (κ3) is 4.86. The van der Waals surface area contributed by atoms with Crippen LogP contribution in [0.1, 0.15) is 12.6 Å². The smallest absolute Gasteiger partial charge is 0.339 e. The summed E-state index contributed by atoms with van der Waals surface area (Å²) in [4.78, 5) is 16.4. The molecule has 0 atom stereocenters. The molecular formula is C22H29N5O2. The number of hydrogen-bond donors (Lipinski definition) is 1. The third-order valence-corrected chi connectivity index (χ3v) is 5.13. The highest BCUT2D eigenvalue weighted by molar-refractivity contribution is 5.91. The van der Waals surface area contributed by atoms with Crippen LogP contribution in [0.25, 0.3) is 10.9 Å². The van der Waals surface area contributed by atoms with E-state index in [4.69, 9.17) is 15.6 Å². The number of carbonyl (C=O) groups excluding carboxylic acids is 1. The van der Waals surface area contributed by atoms with E-state index < -0.39 is 5.97 Å². The largest absolute Gasteiger partial charge is 0.462 e. The lowest BCUT2D eigenvalue weighted by molar-refractivity contribution is -0.138. The summed E-state index contributed by atoms with van der Waals surface area (Å²) in [6, 6.07) is 8.33. The highest BCUT2D eigenvalue weighted by Gasteiger charge is 2.19. The number of allylic oxidation sites excluding steroid dienone is 1. The van der Waals surface area contributed by atoms with Gasteiger partial charge in [0, 0.05) is 57.1 Å². The number of ether oxygens (including phenoxy) is 1. The maximum Gasteiger partial charge on any atom is 0.339 e. The molecule has 1 aromatic heterocycles. The Labute approximate surface area is 171 Å². The van der Waals surface area contributed by atoms with E-state index in [0.717, 1.165) is 49.6 Å². The van der Waals surface area contributed by atoms with Gasteiger partial charge in [-0.15, -0.1) is 0 Å². The first kappa shape index (κ1) is 20.7. The number of benzene rings is 1. The van der Waals surface area contributed by atoms with Crippen molar-refractivity contribution >= 4 is 16.9 Å². The second-order valence-electron chi connectivity index (χ2n) is 7.02. The average Bonchev–Trinajstić information content (AvgIpc) is 3.05. The van der Waals surface area contributed by atoms with Crippen molar-refractivity contribution in [3.63, 3.8) is 0 Å². The van der Waals surface area contributed by atoms with Gasteiger partial charge in [-0.25, -0.2) is 4.79 Å². The summed E-state index contributed by atoms with van der Waals surface area (Å²) >= 11 is 0. The van der Waals surface area contributed by atoms with Gasteiger partial charge in [0.25, 0.3) is 0 Å². The Morgan fingerprint density at radius 3 is 2.66 bits per heavy atom. The van der Waals surface area contributed by atoms with E-state index in [1.165, 1.54) is 11.6 Å². The van der Waals surface area contributed by atoms with Crippen LogP contribution in [-0.2, 0) is 23.1 Å². The van der Waals surface area contributed by atoms with Crippen molar-refractivity contribution in [2.45, 2.75) is 13.5 Å². The minimum atomic E-state index is -0.425. The number of hydrogen-bond acceptors (Lipinski definition) is 6. The lowest BCUT2D eigenvalue weighted by Gasteiger charge is -2.36. The van der Waals surface area contributed by atoms with Crippen LogP contribution in [0.2, 0.25) is 0 Å². The quantitative estimate of drug-likeness (QED) is 0.440. The molecule has 0 unspecified atom stereocenters. The summed E-state index contributed by atoms with van der Waals surface area (Å²) in [5.41, 5.74) is 8.99. The molecule has 1 saturated heterocycles. The standard InChI is InChI=1S/C22H29N5O2/c1-4-29-22(28)18(15-23)10-9-17(2)27-13-11-26(12-14-27)16-20-19-7-5-6-8-21(19)25(3)24-20/h5-10,15H,2,4,11-14,16,23H2,1,3H3/b10-9-,18-15+. The van der Waals surface area contributed by atoms with Crippen LogP contribution in [0.15, 0.2) is 60.5 Å². The summed E-state index contributed by atoms with van der Waals surface area (Å²) in [6.45, 7) is 10.6. The van der Waals surface area contributed by atoms with Crippen LogP contribution in [-0.4, -0.2) is 58.3 Å². The molecule has 0 amide bonds. The monoisotopic (exact) mass is 395 g/mol. The van der Waals surface area contributed by atoms with Crippen LogP contribution in [0.5, 0.6) is 0 Å². The third-order valence-electron chi connectivity index (χ3n) is 5.13. The number of carbonyl (C=O) groups is 1. The molecule has 1 aliphatic heterocycles.